The molecule has 2 fully saturated rings. The number of carbonyl (C=O) groups is 2. The maximum absolute atomic E-state index is 13.5. The molecule has 2 atom stereocenters. The molecule has 186 valence electrons. The number of rotatable bonds is 7. The summed E-state index contributed by atoms with van der Waals surface area (Å²) < 4.78 is 22.1. The number of ether oxygens (including phenoxy) is 4. The zero-order valence-electron chi connectivity index (χ0n) is 20.3. The van der Waals surface area contributed by atoms with E-state index >= 15 is 0 Å². The second kappa shape index (κ2) is 10.1. The Hall–Kier alpha value is -3.42. The molecule has 3 aliphatic rings. The third kappa shape index (κ3) is 4.74. The molecule has 2 saturated heterocycles. The molecule has 2 aromatic rings. The first kappa shape index (κ1) is 23.3. The number of likely N-dealkylation sites (tertiary alicyclic amines) is 2. The molecule has 0 saturated carbocycles. The van der Waals surface area contributed by atoms with Crippen LogP contribution < -0.4 is 18.9 Å². The van der Waals surface area contributed by atoms with Gasteiger partial charge in [-0.25, -0.2) is 0 Å². The van der Waals surface area contributed by atoms with Crippen LogP contribution in [0.2, 0.25) is 0 Å². The lowest BCUT2D eigenvalue weighted by molar-refractivity contribution is -0.136. The van der Waals surface area contributed by atoms with Gasteiger partial charge in [-0.2, -0.15) is 0 Å². The topological polar surface area (TPSA) is 77.5 Å². The number of hydrogen-bond acceptors (Lipinski definition) is 6. The highest BCUT2D eigenvalue weighted by molar-refractivity contribution is 5.89. The summed E-state index contributed by atoms with van der Waals surface area (Å²) in [7, 11) is 3.22. The van der Waals surface area contributed by atoms with Crippen molar-refractivity contribution in [1.82, 2.24) is 9.80 Å². The first-order valence-corrected chi connectivity index (χ1v) is 12.3. The monoisotopic (exact) mass is 480 g/mol. The van der Waals surface area contributed by atoms with E-state index in [2.05, 4.69) is 0 Å². The summed E-state index contributed by atoms with van der Waals surface area (Å²) in [6, 6.07) is 11.8. The number of benzene rings is 2. The van der Waals surface area contributed by atoms with Crippen molar-refractivity contribution in [2.45, 2.75) is 31.7 Å². The normalized spacial score (nSPS) is 21.4. The fraction of sp³-hybridized carbons (Fsp3) is 0.481. The van der Waals surface area contributed by atoms with Crippen molar-refractivity contribution in [3.63, 3.8) is 0 Å². The second-order valence-electron chi connectivity index (χ2n) is 9.27. The molecule has 0 aliphatic carbocycles. The Morgan fingerprint density at radius 3 is 2.63 bits per heavy atom. The number of amides is 2. The van der Waals surface area contributed by atoms with E-state index in [9.17, 15) is 9.59 Å². The van der Waals surface area contributed by atoms with Crippen LogP contribution in [-0.2, 0) is 16.0 Å². The Labute approximate surface area is 205 Å². The van der Waals surface area contributed by atoms with E-state index in [0.717, 1.165) is 35.5 Å². The van der Waals surface area contributed by atoms with Gasteiger partial charge in [-0.1, -0.05) is 12.1 Å². The van der Waals surface area contributed by atoms with Crippen LogP contribution in [0.25, 0.3) is 0 Å². The van der Waals surface area contributed by atoms with Gasteiger partial charge in [0.05, 0.1) is 26.2 Å². The van der Waals surface area contributed by atoms with E-state index in [1.54, 1.807) is 14.2 Å². The van der Waals surface area contributed by atoms with Gasteiger partial charge < -0.3 is 28.7 Å². The summed E-state index contributed by atoms with van der Waals surface area (Å²) in [6.45, 7) is 2.85. The van der Waals surface area contributed by atoms with Crippen LogP contribution in [0.3, 0.4) is 0 Å². The third-order valence-corrected chi connectivity index (χ3v) is 7.17. The molecule has 2 unspecified atom stereocenters. The predicted octanol–water partition coefficient (Wildman–Crippen LogP) is 3.23. The van der Waals surface area contributed by atoms with Crippen LogP contribution in [0, 0.1) is 5.92 Å². The average Bonchev–Trinajstić information content (AvgIpc) is 3.53. The Balaban J connectivity index is 1.22. The van der Waals surface area contributed by atoms with E-state index in [1.807, 2.05) is 46.2 Å². The molecule has 0 bridgehead atoms. The zero-order valence-corrected chi connectivity index (χ0v) is 20.3. The predicted molar refractivity (Wildman–Crippen MR) is 129 cm³/mol. The maximum atomic E-state index is 13.5. The van der Waals surface area contributed by atoms with Crippen LogP contribution in [0.4, 0.5) is 0 Å². The first-order chi connectivity index (χ1) is 17.1. The van der Waals surface area contributed by atoms with Crippen molar-refractivity contribution in [3.8, 4) is 23.0 Å². The van der Waals surface area contributed by atoms with Crippen molar-refractivity contribution in [2.75, 3.05) is 47.1 Å². The van der Waals surface area contributed by atoms with Crippen LogP contribution in [0.1, 0.15) is 36.4 Å². The van der Waals surface area contributed by atoms with Crippen molar-refractivity contribution in [2.24, 2.45) is 5.92 Å². The third-order valence-electron chi connectivity index (χ3n) is 7.17. The number of nitrogens with zero attached hydrogens (tertiary/aromatic N) is 2. The lowest BCUT2D eigenvalue weighted by Crippen LogP contribution is -2.37. The minimum Gasteiger partial charge on any atom is -0.493 e. The van der Waals surface area contributed by atoms with E-state index in [0.29, 0.717) is 50.8 Å². The lowest BCUT2D eigenvalue weighted by atomic mass is 10.0. The number of carbonyl (C=O) groups excluding carboxylic acids is 2. The molecule has 3 heterocycles. The molecule has 0 aromatic heterocycles. The highest BCUT2D eigenvalue weighted by Gasteiger charge is 2.40. The largest absolute Gasteiger partial charge is 0.493 e. The number of methoxy groups -OCH3 is 2. The van der Waals surface area contributed by atoms with Crippen molar-refractivity contribution < 1.29 is 28.5 Å². The molecular formula is C27H32N2O6. The van der Waals surface area contributed by atoms with Gasteiger partial charge >= 0.3 is 0 Å². The van der Waals surface area contributed by atoms with Crippen LogP contribution >= 0.6 is 0 Å². The molecule has 0 spiro atoms. The van der Waals surface area contributed by atoms with Crippen LogP contribution in [0.5, 0.6) is 23.0 Å². The van der Waals surface area contributed by atoms with Gasteiger partial charge in [-0.15, -0.1) is 0 Å². The molecule has 3 aliphatic heterocycles. The summed E-state index contributed by atoms with van der Waals surface area (Å²) in [5.74, 6) is 2.66. The molecule has 8 heteroatoms. The Morgan fingerprint density at radius 1 is 1.03 bits per heavy atom. The highest BCUT2D eigenvalue weighted by atomic mass is 16.6. The lowest BCUT2D eigenvalue weighted by Gasteiger charge is -2.28. The van der Waals surface area contributed by atoms with E-state index in [-0.39, 0.29) is 30.2 Å². The average molecular weight is 481 g/mol. The van der Waals surface area contributed by atoms with Crippen molar-refractivity contribution in [1.29, 1.82) is 0 Å². The second-order valence-corrected chi connectivity index (χ2v) is 9.27. The number of hydrogen-bond donors (Lipinski definition) is 0. The van der Waals surface area contributed by atoms with Crippen molar-refractivity contribution >= 4 is 11.8 Å². The summed E-state index contributed by atoms with van der Waals surface area (Å²) in [5.41, 5.74) is 2.12. The van der Waals surface area contributed by atoms with Gasteiger partial charge in [0, 0.05) is 26.1 Å². The SMILES string of the molecule is COc1ccc(CCN2CC(C(=O)N3CCCC3c3ccc4c(c3)OCCO4)CC2=O)cc1OC. The standard InChI is InChI=1S/C27H32N2O6/c1-32-22-7-5-18(14-24(22)33-2)9-11-28-17-20(16-26(28)30)27(31)29-10-3-4-21(29)19-6-8-23-25(15-19)35-13-12-34-23/h5-8,14-15,20-21H,3-4,9-13,16-17H2,1-2H3. The van der Waals surface area contributed by atoms with Gasteiger partial charge in [0.15, 0.2) is 23.0 Å². The summed E-state index contributed by atoms with van der Waals surface area (Å²) in [6.07, 6.45) is 2.83. The minimum absolute atomic E-state index is 0.00856. The van der Waals surface area contributed by atoms with E-state index < -0.39 is 0 Å². The summed E-state index contributed by atoms with van der Waals surface area (Å²) in [5, 5.41) is 0. The highest BCUT2D eigenvalue weighted by Crippen LogP contribution is 2.39. The van der Waals surface area contributed by atoms with Crippen LogP contribution in [-0.4, -0.2) is 68.7 Å². The maximum Gasteiger partial charge on any atom is 0.228 e. The van der Waals surface area contributed by atoms with Gasteiger partial charge in [0.25, 0.3) is 0 Å². The Bertz CT molecular complexity index is 1100. The molecule has 8 nitrogen and oxygen atoms in total. The molecule has 2 aromatic carbocycles. The number of fused-ring (bicyclic) bond motifs is 1. The Morgan fingerprint density at radius 2 is 1.83 bits per heavy atom. The van der Waals surface area contributed by atoms with E-state index in [1.165, 1.54) is 0 Å². The van der Waals surface area contributed by atoms with E-state index in [4.69, 9.17) is 18.9 Å². The smallest absolute Gasteiger partial charge is 0.228 e. The van der Waals surface area contributed by atoms with Gasteiger partial charge in [0.2, 0.25) is 11.8 Å². The van der Waals surface area contributed by atoms with Gasteiger partial charge in [-0.05, 0) is 54.7 Å². The zero-order chi connectivity index (χ0) is 24.4. The molecule has 2 amide bonds. The molecule has 35 heavy (non-hydrogen) atoms. The summed E-state index contributed by atoms with van der Waals surface area (Å²) in [4.78, 5) is 30.0. The molecular weight excluding hydrogens is 448 g/mol. The Kier molecular flexibility index (Phi) is 6.70. The van der Waals surface area contributed by atoms with Gasteiger partial charge in [-0.3, -0.25) is 9.59 Å². The molecule has 5 rings (SSSR count). The minimum atomic E-state index is -0.300. The van der Waals surface area contributed by atoms with Crippen LogP contribution in [0.15, 0.2) is 36.4 Å². The molecule has 0 N–H and O–H groups in total. The first-order valence-electron chi connectivity index (χ1n) is 12.3. The molecule has 0 radical (unpaired) electrons. The fourth-order valence-electron chi connectivity index (χ4n) is 5.33. The van der Waals surface area contributed by atoms with Gasteiger partial charge in [0.1, 0.15) is 13.2 Å². The fourth-order valence-corrected chi connectivity index (χ4v) is 5.33. The summed E-state index contributed by atoms with van der Waals surface area (Å²) >= 11 is 0. The van der Waals surface area contributed by atoms with Crippen molar-refractivity contribution in [3.05, 3.63) is 47.5 Å². The quantitative estimate of drug-likeness (QED) is 0.606.